The fourth-order valence-electron chi connectivity index (χ4n) is 1.97. The number of nitrogens with one attached hydrogen (secondary N) is 3. The molecule has 0 bridgehead atoms. The standard InChI is InChI=1S/C13H15N7/c1-8(10-5-3-4-6-15-10)17-11-9-7-16-20-12(9)19-13(14-2)18-11/h3-8H,1-2H3,(H3,14,16,17,18,19,20). The Morgan fingerprint density at radius 3 is 2.90 bits per heavy atom. The number of aromatic nitrogens is 5. The molecule has 7 nitrogen and oxygen atoms in total. The zero-order valence-electron chi connectivity index (χ0n) is 11.3. The van der Waals surface area contributed by atoms with E-state index in [9.17, 15) is 0 Å². The first-order valence-electron chi connectivity index (χ1n) is 6.34. The molecule has 102 valence electrons. The van der Waals surface area contributed by atoms with E-state index in [1.54, 1.807) is 19.4 Å². The van der Waals surface area contributed by atoms with E-state index in [2.05, 4.69) is 35.8 Å². The van der Waals surface area contributed by atoms with E-state index in [1.165, 1.54) is 0 Å². The second-order valence-corrected chi connectivity index (χ2v) is 4.40. The third-order valence-electron chi connectivity index (χ3n) is 3.02. The van der Waals surface area contributed by atoms with Crippen molar-refractivity contribution < 1.29 is 0 Å². The van der Waals surface area contributed by atoms with Gasteiger partial charge in [-0.05, 0) is 19.1 Å². The van der Waals surface area contributed by atoms with Gasteiger partial charge in [-0.3, -0.25) is 10.1 Å². The van der Waals surface area contributed by atoms with Crippen molar-refractivity contribution in [3.05, 3.63) is 36.3 Å². The van der Waals surface area contributed by atoms with Crippen molar-refractivity contribution in [1.82, 2.24) is 25.1 Å². The summed E-state index contributed by atoms with van der Waals surface area (Å²) in [4.78, 5) is 13.1. The lowest BCUT2D eigenvalue weighted by molar-refractivity contribution is 0.833. The highest BCUT2D eigenvalue weighted by molar-refractivity contribution is 5.87. The Kier molecular flexibility index (Phi) is 3.16. The molecule has 0 amide bonds. The molecule has 1 unspecified atom stereocenters. The van der Waals surface area contributed by atoms with Crippen molar-refractivity contribution in [2.45, 2.75) is 13.0 Å². The third kappa shape index (κ3) is 2.25. The molecule has 0 radical (unpaired) electrons. The molecular formula is C13H15N7. The lowest BCUT2D eigenvalue weighted by atomic mass is 10.2. The first-order valence-corrected chi connectivity index (χ1v) is 6.34. The molecule has 0 saturated heterocycles. The Labute approximate surface area is 115 Å². The molecule has 20 heavy (non-hydrogen) atoms. The number of hydrogen-bond donors (Lipinski definition) is 3. The minimum absolute atomic E-state index is 0.0360. The van der Waals surface area contributed by atoms with Gasteiger partial charge in [-0.15, -0.1) is 0 Å². The lowest BCUT2D eigenvalue weighted by Crippen LogP contribution is -2.11. The van der Waals surface area contributed by atoms with Gasteiger partial charge in [0, 0.05) is 13.2 Å². The fraction of sp³-hybridized carbons (Fsp3) is 0.231. The first-order chi connectivity index (χ1) is 9.78. The second-order valence-electron chi connectivity index (χ2n) is 4.40. The van der Waals surface area contributed by atoms with Crippen LogP contribution < -0.4 is 10.6 Å². The molecular weight excluding hydrogens is 254 g/mol. The molecule has 1 atom stereocenters. The van der Waals surface area contributed by atoms with Crippen molar-refractivity contribution in [2.24, 2.45) is 0 Å². The van der Waals surface area contributed by atoms with Crippen LogP contribution in [0.1, 0.15) is 18.7 Å². The van der Waals surface area contributed by atoms with Gasteiger partial charge in [0.15, 0.2) is 5.65 Å². The SMILES string of the molecule is CNc1nc(NC(C)c2ccccn2)c2cn[nH]c2n1. The van der Waals surface area contributed by atoms with E-state index < -0.39 is 0 Å². The molecule has 3 aromatic heterocycles. The Bertz CT molecular complexity index is 707. The summed E-state index contributed by atoms with van der Waals surface area (Å²) in [5.74, 6) is 1.27. The maximum absolute atomic E-state index is 4.44. The Morgan fingerprint density at radius 2 is 2.15 bits per heavy atom. The van der Waals surface area contributed by atoms with E-state index in [1.807, 2.05) is 25.1 Å². The van der Waals surface area contributed by atoms with Crippen LogP contribution >= 0.6 is 0 Å². The lowest BCUT2D eigenvalue weighted by Gasteiger charge is -2.14. The number of anilines is 2. The largest absolute Gasteiger partial charge is 0.361 e. The topological polar surface area (TPSA) is 91.4 Å². The Hall–Kier alpha value is -2.70. The average molecular weight is 269 g/mol. The van der Waals surface area contributed by atoms with E-state index in [-0.39, 0.29) is 6.04 Å². The molecule has 0 aromatic carbocycles. The van der Waals surface area contributed by atoms with Gasteiger partial charge in [0.2, 0.25) is 5.95 Å². The molecule has 0 aliphatic carbocycles. The van der Waals surface area contributed by atoms with Gasteiger partial charge in [0.25, 0.3) is 0 Å². The summed E-state index contributed by atoms with van der Waals surface area (Å²) in [5, 5.41) is 14.0. The molecule has 0 saturated carbocycles. The third-order valence-corrected chi connectivity index (χ3v) is 3.02. The van der Waals surface area contributed by atoms with Crippen molar-refractivity contribution >= 4 is 22.8 Å². The van der Waals surface area contributed by atoms with E-state index in [4.69, 9.17) is 0 Å². The first kappa shape index (κ1) is 12.3. The number of rotatable bonds is 4. The quantitative estimate of drug-likeness (QED) is 0.670. The molecule has 0 fully saturated rings. The zero-order chi connectivity index (χ0) is 13.9. The Morgan fingerprint density at radius 1 is 1.25 bits per heavy atom. The van der Waals surface area contributed by atoms with Crippen molar-refractivity contribution in [3.63, 3.8) is 0 Å². The van der Waals surface area contributed by atoms with Gasteiger partial charge >= 0.3 is 0 Å². The number of H-pyrrole nitrogens is 1. The van der Waals surface area contributed by atoms with Gasteiger partial charge < -0.3 is 10.6 Å². The predicted octanol–water partition coefficient (Wildman–Crippen LogP) is 1.96. The van der Waals surface area contributed by atoms with Crippen molar-refractivity contribution in [1.29, 1.82) is 0 Å². The smallest absolute Gasteiger partial charge is 0.226 e. The highest BCUT2D eigenvalue weighted by Gasteiger charge is 2.12. The van der Waals surface area contributed by atoms with Crippen molar-refractivity contribution in [3.8, 4) is 0 Å². The van der Waals surface area contributed by atoms with Gasteiger partial charge in [-0.1, -0.05) is 6.07 Å². The van der Waals surface area contributed by atoms with Crippen LogP contribution in [-0.4, -0.2) is 32.2 Å². The fourth-order valence-corrected chi connectivity index (χ4v) is 1.97. The Balaban J connectivity index is 1.95. The van der Waals surface area contributed by atoms with Crippen LogP contribution in [0.2, 0.25) is 0 Å². The van der Waals surface area contributed by atoms with Crippen LogP contribution in [0.5, 0.6) is 0 Å². The summed E-state index contributed by atoms with van der Waals surface area (Å²) in [7, 11) is 1.78. The molecule has 3 N–H and O–H groups in total. The molecule has 0 aliphatic heterocycles. The summed E-state index contributed by atoms with van der Waals surface area (Å²) in [6.45, 7) is 2.04. The highest BCUT2D eigenvalue weighted by atomic mass is 15.2. The number of fused-ring (bicyclic) bond motifs is 1. The predicted molar refractivity (Wildman–Crippen MR) is 77.5 cm³/mol. The highest BCUT2D eigenvalue weighted by Crippen LogP contribution is 2.23. The minimum atomic E-state index is 0.0360. The van der Waals surface area contributed by atoms with Crippen LogP contribution in [0.25, 0.3) is 11.0 Å². The normalized spacial score (nSPS) is 12.3. The van der Waals surface area contributed by atoms with Crippen LogP contribution in [-0.2, 0) is 0 Å². The number of nitrogens with zero attached hydrogens (tertiary/aromatic N) is 4. The molecule has 0 aliphatic rings. The summed E-state index contributed by atoms with van der Waals surface area (Å²) in [6, 6.07) is 5.87. The molecule has 3 heterocycles. The molecule has 0 spiro atoms. The van der Waals surface area contributed by atoms with Crippen LogP contribution in [0.15, 0.2) is 30.6 Å². The van der Waals surface area contributed by atoms with Gasteiger partial charge in [-0.2, -0.15) is 15.1 Å². The maximum atomic E-state index is 4.44. The van der Waals surface area contributed by atoms with E-state index >= 15 is 0 Å². The average Bonchev–Trinajstić information content (AvgIpc) is 2.96. The molecule has 3 rings (SSSR count). The van der Waals surface area contributed by atoms with E-state index in [0.29, 0.717) is 11.6 Å². The zero-order valence-corrected chi connectivity index (χ0v) is 11.3. The molecule has 3 aromatic rings. The summed E-state index contributed by atoms with van der Waals surface area (Å²) >= 11 is 0. The minimum Gasteiger partial charge on any atom is -0.361 e. The van der Waals surface area contributed by atoms with E-state index in [0.717, 1.165) is 16.9 Å². The van der Waals surface area contributed by atoms with Crippen LogP contribution in [0, 0.1) is 0 Å². The van der Waals surface area contributed by atoms with Crippen molar-refractivity contribution in [2.75, 3.05) is 17.7 Å². The van der Waals surface area contributed by atoms with Gasteiger partial charge in [0.05, 0.1) is 23.3 Å². The summed E-state index contributed by atoms with van der Waals surface area (Å²) < 4.78 is 0. The number of pyridine rings is 1. The van der Waals surface area contributed by atoms with Gasteiger partial charge in [-0.25, -0.2) is 0 Å². The maximum Gasteiger partial charge on any atom is 0.226 e. The second kappa shape index (κ2) is 5.12. The summed E-state index contributed by atoms with van der Waals surface area (Å²) in [5.41, 5.74) is 1.65. The van der Waals surface area contributed by atoms with Crippen LogP contribution in [0.3, 0.4) is 0 Å². The molecule has 7 heteroatoms. The number of aromatic amines is 1. The van der Waals surface area contributed by atoms with Gasteiger partial charge in [0.1, 0.15) is 5.82 Å². The summed E-state index contributed by atoms with van der Waals surface area (Å²) in [6.07, 6.45) is 3.49. The van der Waals surface area contributed by atoms with Crippen LogP contribution in [0.4, 0.5) is 11.8 Å². The number of hydrogen-bond acceptors (Lipinski definition) is 6. The monoisotopic (exact) mass is 269 g/mol.